The molecule has 5 heteroatoms. The zero-order valence-corrected chi connectivity index (χ0v) is 10.9. The van der Waals surface area contributed by atoms with Crippen molar-refractivity contribution in [2.45, 2.75) is 19.0 Å². The topological polar surface area (TPSA) is 64.7 Å². The molecule has 0 aliphatic heterocycles. The van der Waals surface area contributed by atoms with Crippen LogP contribution in [0.5, 0.6) is 0 Å². The van der Waals surface area contributed by atoms with Gasteiger partial charge < -0.3 is 5.73 Å². The number of hydrogen-bond donors (Lipinski definition) is 1. The average Bonchev–Trinajstić information content (AvgIpc) is 2.28. The van der Waals surface area contributed by atoms with Crippen LogP contribution in [0.25, 0.3) is 11.4 Å². The first-order valence-corrected chi connectivity index (χ1v) is 6.46. The Morgan fingerprint density at radius 2 is 1.71 bits per heavy atom. The number of benzene rings is 1. The minimum atomic E-state index is 0.266. The van der Waals surface area contributed by atoms with Crippen LogP contribution in [0.2, 0.25) is 0 Å². The second kappa shape index (κ2) is 4.71. The van der Waals surface area contributed by atoms with Gasteiger partial charge in [0.05, 0.1) is 0 Å². The Bertz CT molecular complexity index is 534. The fourth-order valence-corrected chi connectivity index (χ4v) is 2.10. The lowest BCUT2D eigenvalue weighted by Crippen LogP contribution is -2.03. The average molecular weight is 246 g/mol. The molecule has 0 bridgehead atoms. The normalized spacial score (nSPS) is 10.5. The van der Waals surface area contributed by atoms with Crippen LogP contribution in [0.4, 0.5) is 5.95 Å². The summed E-state index contributed by atoms with van der Waals surface area (Å²) < 4.78 is 0. The molecule has 0 saturated carbocycles. The fraction of sp³-hybridized carbons (Fsp3) is 0.250. The van der Waals surface area contributed by atoms with Gasteiger partial charge in [-0.05, 0) is 31.2 Å². The molecule has 1 aromatic carbocycles. The minimum Gasteiger partial charge on any atom is -0.368 e. The molecule has 2 rings (SSSR count). The van der Waals surface area contributed by atoms with Gasteiger partial charge in [0.1, 0.15) is 0 Å². The Kier molecular flexibility index (Phi) is 3.28. The zero-order valence-electron chi connectivity index (χ0n) is 10.1. The lowest BCUT2D eigenvalue weighted by molar-refractivity contribution is 0.925. The maximum Gasteiger partial charge on any atom is 0.224 e. The quantitative estimate of drug-likeness (QED) is 0.825. The first-order chi connectivity index (χ1) is 8.11. The smallest absolute Gasteiger partial charge is 0.224 e. The van der Waals surface area contributed by atoms with Gasteiger partial charge in [0, 0.05) is 5.56 Å². The number of nitrogens with zero attached hydrogens (tertiary/aromatic N) is 3. The van der Waals surface area contributed by atoms with Gasteiger partial charge in [0.2, 0.25) is 5.95 Å². The van der Waals surface area contributed by atoms with Crippen molar-refractivity contribution in [3.63, 3.8) is 0 Å². The SMILES string of the molecule is CSc1nc(N)nc(-c2c(C)cccc2C)n1. The Hall–Kier alpha value is -1.62. The van der Waals surface area contributed by atoms with E-state index in [0.717, 1.165) is 16.7 Å². The van der Waals surface area contributed by atoms with Gasteiger partial charge in [0.25, 0.3) is 0 Å². The molecule has 0 unspecified atom stereocenters. The van der Waals surface area contributed by atoms with Crippen molar-refractivity contribution in [3.05, 3.63) is 29.3 Å². The second-order valence-electron chi connectivity index (χ2n) is 3.77. The van der Waals surface area contributed by atoms with Crippen molar-refractivity contribution in [1.82, 2.24) is 15.0 Å². The predicted molar refractivity (Wildman–Crippen MR) is 70.9 cm³/mol. The Balaban J connectivity index is 2.64. The van der Waals surface area contributed by atoms with E-state index in [1.54, 1.807) is 0 Å². The van der Waals surface area contributed by atoms with E-state index in [4.69, 9.17) is 5.73 Å². The van der Waals surface area contributed by atoms with Crippen LogP contribution in [-0.4, -0.2) is 21.2 Å². The van der Waals surface area contributed by atoms with Crippen molar-refractivity contribution in [2.24, 2.45) is 0 Å². The van der Waals surface area contributed by atoms with E-state index in [9.17, 15) is 0 Å². The molecule has 2 N–H and O–H groups in total. The van der Waals surface area contributed by atoms with E-state index in [-0.39, 0.29) is 5.95 Å². The molecule has 0 amide bonds. The fourth-order valence-electron chi connectivity index (χ4n) is 1.74. The van der Waals surface area contributed by atoms with Crippen LogP contribution in [0.15, 0.2) is 23.4 Å². The van der Waals surface area contributed by atoms with Gasteiger partial charge in [-0.25, -0.2) is 4.98 Å². The van der Waals surface area contributed by atoms with Crippen molar-refractivity contribution in [3.8, 4) is 11.4 Å². The summed E-state index contributed by atoms with van der Waals surface area (Å²) in [4.78, 5) is 12.7. The summed E-state index contributed by atoms with van der Waals surface area (Å²) in [6, 6.07) is 6.11. The minimum absolute atomic E-state index is 0.266. The summed E-state index contributed by atoms with van der Waals surface area (Å²) in [6.07, 6.45) is 1.92. The summed E-state index contributed by atoms with van der Waals surface area (Å²) in [5, 5.41) is 0.648. The third-order valence-corrected chi connectivity index (χ3v) is 3.07. The highest BCUT2D eigenvalue weighted by atomic mass is 32.2. The standard InChI is InChI=1S/C12H14N4S/c1-7-5-4-6-8(2)9(7)10-14-11(13)16-12(15-10)17-3/h4-6H,1-3H3,(H2,13,14,15,16). The molecular weight excluding hydrogens is 232 g/mol. The monoisotopic (exact) mass is 246 g/mol. The van der Waals surface area contributed by atoms with Crippen LogP contribution in [0.3, 0.4) is 0 Å². The van der Waals surface area contributed by atoms with Crippen LogP contribution in [0.1, 0.15) is 11.1 Å². The highest BCUT2D eigenvalue weighted by Gasteiger charge is 2.10. The molecule has 0 aliphatic carbocycles. The van der Waals surface area contributed by atoms with E-state index in [1.807, 2.05) is 38.3 Å². The van der Waals surface area contributed by atoms with E-state index in [2.05, 4.69) is 15.0 Å². The van der Waals surface area contributed by atoms with Gasteiger partial charge in [-0.3, -0.25) is 0 Å². The molecule has 1 aromatic heterocycles. The highest BCUT2D eigenvalue weighted by Crippen LogP contribution is 2.25. The van der Waals surface area contributed by atoms with Gasteiger partial charge in [-0.15, -0.1) is 0 Å². The molecule has 0 atom stereocenters. The third kappa shape index (κ3) is 2.39. The first-order valence-electron chi connectivity index (χ1n) is 5.24. The Labute approximate surface area is 105 Å². The summed E-state index contributed by atoms with van der Waals surface area (Å²) in [5.41, 5.74) is 9.02. The maximum absolute atomic E-state index is 5.70. The van der Waals surface area contributed by atoms with Crippen molar-refractivity contribution in [1.29, 1.82) is 0 Å². The van der Waals surface area contributed by atoms with Crippen molar-refractivity contribution < 1.29 is 0 Å². The van der Waals surface area contributed by atoms with Crippen molar-refractivity contribution in [2.75, 3.05) is 12.0 Å². The molecule has 88 valence electrons. The number of aryl methyl sites for hydroxylation is 2. The summed E-state index contributed by atoms with van der Waals surface area (Å²) in [6.45, 7) is 4.09. The van der Waals surface area contributed by atoms with E-state index < -0.39 is 0 Å². The van der Waals surface area contributed by atoms with Crippen molar-refractivity contribution >= 4 is 17.7 Å². The molecule has 0 aliphatic rings. The number of rotatable bonds is 2. The number of thioether (sulfide) groups is 1. The predicted octanol–water partition coefficient (Wildman–Crippen LogP) is 2.46. The van der Waals surface area contributed by atoms with E-state index in [0.29, 0.717) is 11.0 Å². The first kappa shape index (κ1) is 11.9. The lowest BCUT2D eigenvalue weighted by Gasteiger charge is -2.09. The zero-order chi connectivity index (χ0) is 12.4. The molecule has 4 nitrogen and oxygen atoms in total. The number of nitrogens with two attached hydrogens (primary N) is 1. The number of aromatic nitrogens is 3. The van der Waals surface area contributed by atoms with Crippen LogP contribution >= 0.6 is 11.8 Å². The largest absolute Gasteiger partial charge is 0.368 e. The summed E-state index contributed by atoms with van der Waals surface area (Å²) >= 11 is 1.46. The Morgan fingerprint density at radius 1 is 1.06 bits per heavy atom. The van der Waals surface area contributed by atoms with Crippen LogP contribution in [0, 0.1) is 13.8 Å². The van der Waals surface area contributed by atoms with Gasteiger partial charge in [-0.1, -0.05) is 30.0 Å². The molecule has 0 radical (unpaired) electrons. The maximum atomic E-state index is 5.70. The molecule has 2 aromatic rings. The number of nitrogen functional groups attached to an aromatic ring is 1. The van der Waals surface area contributed by atoms with Gasteiger partial charge >= 0.3 is 0 Å². The van der Waals surface area contributed by atoms with Crippen LogP contribution < -0.4 is 5.73 Å². The van der Waals surface area contributed by atoms with Gasteiger partial charge in [-0.2, -0.15) is 9.97 Å². The Morgan fingerprint density at radius 3 is 2.29 bits per heavy atom. The van der Waals surface area contributed by atoms with E-state index >= 15 is 0 Å². The number of anilines is 1. The summed E-state index contributed by atoms with van der Waals surface area (Å²) in [7, 11) is 0. The molecule has 0 saturated heterocycles. The third-order valence-electron chi connectivity index (χ3n) is 2.52. The summed E-state index contributed by atoms with van der Waals surface area (Å²) in [5.74, 6) is 0.916. The molecular formula is C12H14N4S. The molecule has 0 fully saturated rings. The lowest BCUT2D eigenvalue weighted by atomic mass is 10.0. The second-order valence-corrected chi connectivity index (χ2v) is 4.54. The molecule has 1 heterocycles. The highest BCUT2D eigenvalue weighted by molar-refractivity contribution is 7.98. The molecule has 0 spiro atoms. The molecule has 17 heavy (non-hydrogen) atoms. The van der Waals surface area contributed by atoms with Gasteiger partial charge in [0.15, 0.2) is 11.0 Å². The van der Waals surface area contributed by atoms with Crippen LogP contribution in [-0.2, 0) is 0 Å². The van der Waals surface area contributed by atoms with E-state index in [1.165, 1.54) is 11.8 Å². The number of hydrogen-bond acceptors (Lipinski definition) is 5.